The van der Waals surface area contributed by atoms with Crippen molar-refractivity contribution in [2.24, 2.45) is 10.9 Å². The first-order valence-corrected chi connectivity index (χ1v) is 5.32. The van der Waals surface area contributed by atoms with Gasteiger partial charge in [-0.25, -0.2) is 0 Å². The van der Waals surface area contributed by atoms with Crippen LogP contribution >= 0.6 is 0 Å². The van der Waals surface area contributed by atoms with E-state index in [9.17, 15) is 4.79 Å². The lowest BCUT2D eigenvalue weighted by Gasteiger charge is -2.18. The molecule has 0 atom stereocenters. The van der Waals surface area contributed by atoms with Gasteiger partial charge in [-0.3, -0.25) is 4.79 Å². The van der Waals surface area contributed by atoms with E-state index in [1.807, 2.05) is 0 Å². The van der Waals surface area contributed by atoms with Gasteiger partial charge in [0.05, 0.1) is 6.54 Å². The first-order chi connectivity index (χ1) is 8.62. The molecule has 1 amide bonds. The Morgan fingerprint density at radius 3 is 3.00 bits per heavy atom. The Bertz CT molecular complexity index is 429. The summed E-state index contributed by atoms with van der Waals surface area (Å²) in [5.41, 5.74) is 5.52. The number of carbonyl (C=O) groups excluding carboxylic acids is 1. The van der Waals surface area contributed by atoms with Gasteiger partial charge in [-0.1, -0.05) is 10.3 Å². The summed E-state index contributed by atoms with van der Waals surface area (Å²) < 4.78 is 9.78. The summed E-state index contributed by atoms with van der Waals surface area (Å²) >= 11 is 0. The molecular formula is C10H16N4O4. The number of rotatable bonds is 6. The van der Waals surface area contributed by atoms with E-state index in [1.165, 1.54) is 18.1 Å². The normalized spacial score (nSPS) is 11.6. The molecule has 1 heterocycles. The summed E-state index contributed by atoms with van der Waals surface area (Å²) in [6, 6.07) is 1.50. The first kappa shape index (κ1) is 14.0. The van der Waals surface area contributed by atoms with E-state index in [0.29, 0.717) is 12.3 Å². The Labute approximate surface area is 104 Å². The smallest absolute Gasteiger partial charge is 0.276 e. The van der Waals surface area contributed by atoms with Crippen molar-refractivity contribution >= 4 is 11.7 Å². The average molecular weight is 256 g/mol. The van der Waals surface area contributed by atoms with Crippen LogP contribution in [0.15, 0.2) is 15.7 Å². The highest BCUT2D eigenvalue weighted by Crippen LogP contribution is 2.08. The first-order valence-electron chi connectivity index (χ1n) is 5.32. The standard InChI is InChI=1S/C10H16N4O4/c1-3-14(5-9(11)12-16)10(15)8-4-7(6-17-2)18-13-8/h4,16H,3,5-6H2,1-2H3,(H2,11,12). The summed E-state index contributed by atoms with van der Waals surface area (Å²) in [7, 11) is 1.51. The van der Waals surface area contributed by atoms with Crippen LogP contribution in [0.2, 0.25) is 0 Å². The van der Waals surface area contributed by atoms with Crippen LogP contribution in [-0.4, -0.2) is 47.2 Å². The minimum Gasteiger partial charge on any atom is -0.409 e. The third-order valence-electron chi connectivity index (χ3n) is 2.21. The molecule has 18 heavy (non-hydrogen) atoms. The van der Waals surface area contributed by atoms with E-state index >= 15 is 0 Å². The fraction of sp³-hybridized carbons (Fsp3) is 0.500. The summed E-state index contributed by atoms with van der Waals surface area (Å²) in [5, 5.41) is 15.0. The molecule has 1 rings (SSSR count). The quantitative estimate of drug-likeness (QED) is 0.321. The van der Waals surface area contributed by atoms with Gasteiger partial charge in [0.1, 0.15) is 6.61 Å². The Balaban J connectivity index is 2.76. The number of methoxy groups -OCH3 is 1. The molecule has 3 N–H and O–H groups in total. The van der Waals surface area contributed by atoms with Crippen molar-refractivity contribution in [3.8, 4) is 0 Å². The van der Waals surface area contributed by atoms with Crippen LogP contribution in [0.5, 0.6) is 0 Å². The van der Waals surface area contributed by atoms with Crippen molar-refractivity contribution in [1.82, 2.24) is 10.1 Å². The Kier molecular flexibility index (Phi) is 5.12. The van der Waals surface area contributed by atoms with Crippen LogP contribution in [0.3, 0.4) is 0 Å². The molecule has 0 fully saturated rings. The van der Waals surface area contributed by atoms with Gasteiger partial charge < -0.3 is 25.1 Å². The van der Waals surface area contributed by atoms with Gasteiger partial charge in [-0.2, -0.15) is 0 Å². The van der Waals surface area contributed by atoms with Crippen molar-refractivity contribution in [2.75, 3.05) is 20.2 Å². The number of oxime groups is 1. The number of nitrogens with zero attached hydrogens (tertiary/aromatic N) is 3. The lowest BCUT2D eigenvalue weighted by atomic mass is 10.3. The second-order valence-corrected chi connectivity index (χ2v) is 3.52. The molecule has 8 heteroatoms. The van der Waals surface area contributed by atoms with E-state index in [0.717, 1.165) is 0 Å². The lowest BCUT2D eigenvalue weighted by Crippen LogP contribution is -2.38. The number of hydrogen-bond acceptors (Lipinski definition) is 6. The maximum Gasteiger partial charge on any atom is 0.276 e. The molecule has 100 valence electrons. The molecule has 0 radical (unpaired) electrons. The summed E-state index contributed by atoms with van der Waals surface area (Å²) in [6.45, 7) is 2.45. The van der Waals surface area contributed by atoms with Crippen LogP contribution < -0.4 is 5.73 Å². The number of hydrogen-bond donors (Lipinski definition) is 2. The average Bonchev–Trinajstić information content (AvgIpc) is 2.83. The SMILES string of the molecule is CCN(CC(N)=NO)C(=O)c1cc(COC)on1. The van der Waals surface area contributed by atoms with Crippen LogP contribution in [-0.2, 0) is 11.3 Å². The molecule has 0 aliphatic rings. The molecule has 0 aromatic carbocycles. The molecule has 0 saturated heterocycles. The predicted octanol–water partition coefficient (Wildman–Crippen LogP) is 0.0295. The van der Waals surface area contributed by atoms with Gasteiger partial charge in [-0.05, 0) is 6.92 Å². The summed E-state index contributed by atoms with van der Waals surface area (Å²) in [6.07, 6.45) is 0. The molecule has 0 saturated carbocycles. The van der Waals surface area contributed by atoms with Crippen LogP contribution in [0.1, 0.15) is 23.2 Å². The van der Waals surface area contributed by atoms with Crippen molar-refractivity contribution in [3.05, 3.63) is 17.5 Å². The lowest BCUT2D eigenvalue weighted by molar-refractivity contribution is 0.0775. The van der Waals surface area contributed by atoms with Crippen LogP contribution in [0.25, 0.3) is 0 Å². The van der Waals surface area contributed by atoms with Crippen molar-refractivity contribution < 1.29 is 19.3 Å². The number of nitrogens with two attached hydrogens (primary N) is 1. The maximum atomic E-state index is 12.0. The number of ether oxygens (including phenoxy) is 1. The monoisotopic (exact) mass is 256 g/mol. The maximum absolute atomic E-state index is 12.0. The van der Waals surface area contributed by atoms with Gasteiger partial charge in [0, 0.05) is 19.7 Å². The number of likely N-dealkylation sites (N-methyl/N-ethyl adjacent to an activating group) is 1. The Morgan fingerprint density at radius 1 is 1.72 bits per heavy atom. The molecule has 0 spiro atoms. The highest BCUT2D eigenvalue weighted by Gasteiger charge is 2.19. The molecule has 0 aliphatic heterocycles. The highest BCUT2D eigenvalue weighted by molar-refractivity contribution is 5.95. The largest absolute Gasteiger partial charge is 0.409 e. The van der Waals surface area contributed by atoms with E-state index in [4.69, 9.17) is 20.2 Å². The third kappa shape index (κ3) is 3.45. The zero-order valence-corrected chi connectivity index (χ0v) is 10.3. The predicted molar refractivity (Wildman–Crippen MR) is 62.2 cm³/mol. The highest BCUT2D eigenvalue weighted by atomic mass is 16.5. The van der Waals surface area contributed by atoms with E-state index in [2.05, 4.69) is 10.3 Å². The Morgan fingerprint density at radius 2 is 2.44 bits per heavy atom. The van der Waals surface area contributed by atoms with E-state index in [-0.39, 0.29) is 30.6 Å². The van der Waals surface area contributed by atoms with Crippen LogP contribution in [0.4, 0.5) is 0 Å². The molecule has 1 aromatic heterocycles. The van der Waals surface area contributed by atoms with Crippen molar-refractivity contribution in [3.63, 3.8) is 0 Å². The van der Waals surface area contributed by atoms with E-state index in [1.54, 1.807) is 6.92 Å². The topological polar surface area (TPSA) is 114 Å². The van der Waals surface area contributed by atoms with Gasteiger partial charge >= 0.3 is 0 Å². The minimum absolute atomic E-state index is 0.0261. The van der Waals surface area contributed by atoms with Gasteiger partial charge in [0.15, 0.2) is 17.3 Å². The minimum atomic E-state index is -0.352. The number of aromatic nitrogens is 1. The van der Waals surface area contributed by atoms with Crippen LogP contribution in [0, 0.1) is 0 Å². The second-order valence-electron chi connectivity index (χ2n) is 3.52. The number of amidine groups is 1. The molecule has 1 aromatic rings. The third-order valence-corrected chi connectivity index (χ3v) is 2.21. The zero-order valence-electron chi connectivity index (χ0n) is 10.3. The van der Waals surface area contributed by atoms with Crippen molar-refractivity contribution in [2.45, 2.75) is 13.5 Å². The fourth-order valence-corrected chi connectivity index (χ4v) is 1.34. The molecule has 8 nitrogen and oxygen atoms in total. The van der Waals surface area contributed by atoms with Crippen molar-refractivity contribution in [1.29, 1.82) is 0 Å². The summed E-state index contributed by atoms with van der Waals surface area (Å²) in [4.78, 5) is 13.4. The number of carbonyl (C=O) groups is 1. The van der Waals surface area contributed by atoms with E-state index < -0.39 is 0 Å². The molecular weight excluding hydrogens is 240 g/mol. The van der Waals surface area contributed by atoms with Gasteiger partial charge in [0.25, 0.3) is 5.91 Å². The number of amides is 1. The van der Waals surface area contributed by atoms with Gasteiger partial charge in [-0.15, -0.1) is 0 Å². The zero-order chi connectivity index (χ0) is 13.5. The molecule has 0 bridgehead atoms. The van der Waals surface area contributed by atoms with Gasteiger partial charge in [0.2, 0.25) is 0 Å². The Hall–Kier alpha value is -2.09. The molecule has 0 aliphatic carbocycles. The second kappa shape index (κ2) is 6.60. The molecule has 0 unspecified atom stereocenters. The fourth-order valence-electron chi connectivity index (χ4n) is 1.34. The summed E-state index contributed by atoms with van der Waals surface area (Å²) in [5.74, 6) is 0.0571.